The zero-order valence-corrected chi connectivity index (χ0v) is 16.0. The highest BCUT2D eigenvalue weighted by Crippen LogP contribution is 2.20. The Balaban J connectivity index is 2.04. The molecule has 0 saturated carbocycles. The second-order valence-electron chi connectivity index (χ2n) is 6.67. The fourth-order valence-electron chi connectivity index (χ4n) is 3.25. The summed E-state index contributed by atoms with van der Waals surface area (Å²) in [4.78, 5) is 26.1. The fourth-order valence-corrected chi connectivity index (χ4v) is 4.07. The van der Waals surface area contributed by atoms with E-state index in [0.717, 1.165) is 46.2 Å². The topological polar surface area (TPSA) is 44.0 Å². The molecule has 0 aliphatic heterocycles. The maximum absolute atomic E-state index is 14.3. The summed E-state index contributed by atoms with van der Waals surface area (Å²) in [6, 6.07) is 10.3. The van der Waals surface area contributed by atoms with E-state index in [4.69, 9.17) is 0 Å². The zero-order chi connectivity index (χ0) is 20.0. The van der Waals surface area contributed by atoms with Crippen LogP contribution in [0.25, 0.3) is 15.9 Å². The Morgan fingerprint density at radius 3 is 2.57 bits per heavy atom. The Labute approximate surface area is 162 Å². The fraction of sp³-hybridized carbons (Fsp3) is 0.143. The van der Waals surface area contributed by atoms with E-state index in [-0.39, 0.29) is 12.2 Å². The first-order valence-corrected chi connectivity index (χ1v) is 9.49. The maximum atomic E-state index is 14.3. The van der Waals surface area contributed by atoms with Crippen molar-refractivity contribution < 1.29 is 8.78 Å². The third kappa shape index (κ3) is 2.97. The zero-order valence-electron chi connectivity index (χ0n) is 15.2. The van der Waals surface area contributed by atoms with Gasteiger partial charge in [0.2, 0.25) is 0 Å². The van der Waals surface area contributed by atoms with Crippen LogP contribution in [-0.4, -0.2) is 9.13 Å². The monoisotopic (exact) mass is 398 g/mol. The maximum Gasteiger partial charge on any atom is 0.336 e. The van der Waals surface area contributed by atoms with Crippen molar-refractivity contribution in [1.82, 2.24) is 9.13 Å². The van der Waals surface area contributed by atoms with Crippen LogP contribution in [0.15, 0.2) is 57.4 Å². The minimum absolute atomic E-state index is 0.219. The summed E-state index contributed by atoms with van der Waals surface area (Å²) in [5, 5.41) is 1.71. The summed E-state index contributed by atoms with van der Waals surface area (Å²) >= 11 is 1.16. The highest BCUT2D eigenvalue weighted by atomic mass is 32.1. The van der Waals surface area contributed by atoms with Gasteiger partial charge in [0.05, 0.1) is 17.7 Å². The van der Waals surface area contributed by atoms with E-state index in [1.54, 1.807) is 11.4 Å². The molecule has 0 radical (unpaired) electrons. The number of thiophene rings is 1. The van der Waals surface area contributed by atoms with Crippen LogP contribution >= 0.6 is 11.3 Å². The van der Waals surface area contributed by atoms with Crippen LogP contribution in [0.3, 0.4) is 0 Å². The third-order valence-electron chi connectivity index (χ3n) is 4.74. The number of rotatable bonds is 3. The van der Waals surface area contributed by atoms with E-state index in [0.29, 0.717) is 14.8 Å². The molecule has 0 N–H and O–H groups in total. The molecule has 0 unspecified atom stereocenters. The highest BCUT2D eigenvalue weighted by molar-refractivity contribution is 7.17. The lowest BCUT2D eigenvalue weighted by molar-refractivity contribution is 0.584. The van der Waals surface area contributed by atoms with Crippen LogP contribution < -0.4 is 11.2 Å². The quantitative estimate of drug-likeness (QED) is 0.520. The summed E-state index contributed by atoms with van der Waals surface area (Å²) < 4.78 is 30.5. The van der Waals surface area contributed by atoms with Crippen molar-refractivity contribution in [3.05, 3.63) is 97.0 Å². The molecule has 0 aliphatic carbocycles. The molecule has 0 spiro atoms. The van der Waals surface area contributed by atoms with Crippen LogP contribution in [0.5, 0.6) is 0 Å². The lowest BCUT2D eigenvalue weighted by Gasteiger charge is -2.14. The molecule has 142 valence electrons. The molecule has 4 nitrogen and oxygen atoms in total. The van der Waals surface area contributed by atoms with Crippen LogP contribution in [-0.2, 0) is 6.54 Å². The molecular weight excluding hydrogens is 382 g/mol. The first-order valence-electron chi connectivity index (χ1n) is 8.61. The van der Waals surface area contributed by atoms with Gasteiger partial charge in [-0.1, -0.05) is 23.8 Å². The van der Waals surface area contributed by atoms with Crippen molar-refractivity contribution in [3.8, 4) is 5.69 Å². The second kappa shape index (κ2) is 6.83. The predicted molar refractivity (Wildman–Crippen MR) is 107 cm³/mol. The summed E-state index contributed by atoms with van der Waals surface area (Å²) in [5.74, 6) is -1.56. The van der Waals surface area contributed by atoms with Crippen molar-refractivity contribution in [2.45, 2.75) is 20.4 Å². The molecule has 4 rings (SSSR count). The number of aryl methyl sites for hydroxylation is 2. The van der Waals surface area contributed by atoms with E-state index < -0.39 is 22.9 Å². The lowest BCUT2D eigenvalue weighted by Crippen LogP contribution is -2.39. The average molecular weight is 398 g/mol. The molecule has 2 aromatic heterocycles. The van der Waals surface area contributed by atoms with E-state index in [2.05, 4.69) is 0 Å². The summed E-state index contributed by atoms with van der Waals surface area (Å²) in [6.07, 6.45) is 0. The molecule has 0 atom stereocenters. The van der Waals surface area contributed by atoms with E-state index in [1.165, 1.54) is 4.57 Å². The van der Waals surface area contributed by atoms with Gasteiger partial charge < -0.3 is 0 Å². The lowest BCUT2D eigenvalue weighted by atomic mass is 10.1. The minimum atomic E-state index is -0.838. The smallest absolute Gasteiger partial charge is 0.288 e. The standard InChI is InChI=1S/C21H16F2N2O2S/c1-12-3-4-13(2)14(9-12)11-24-17-7-8-28-19(17)20(26)25(21(24)27)18-10-15(22)5-6-16(18)23/h3-10H,11H2,1-2H3. The van der Waals surface area contributed by atoms with E-state index >= 15 is 0 Å². The Morgan fingerprint density at radius 2 is 1.79 bits per heavy atom. The highest BCUT2D eigenvalue weighted by Gasteiger charge is 2.19. The van der Waals surface area contributed by atoms with Gasteiger partial charge in [-0.25, -0.2) is 18.1 Å². The van der Waals surface area contributed by atoms with E-state index in [1.807, 2.05) is 32.0 Å². The van der Waals surface area contributed by atoms with Crippen molar-refractivity contribution in [2.24, 2.45) is 0 Å². The predicted octanol–water partition coefficient (Wildman–Crippen LogP) is 4.16. The van der Waals surface area contributed by atoms with Crippen molar-refractivity contribution in [3.63, 3.8) is 0 Å². The largest absolute Gasteiger partial charge is 0.336 e. The van der Waals surface area contributed by atoms with Gasteiger partial charge in [-0.15, -0.1) is 11.3 Å². The molecule has 4 aromatic rings. The van der Waals surface area contributed by atoms with Gasteiger partial charge in [-0.2, -0.15) is 0 Å². The van der Waals surface area contributed by atoms with Crippen molar-refractivity contribution in [2.75, 3.05) is 0 Å². The van der Waals surface area contributed by atoms with Gasteiger partial charge in [0.1, 0.15) is 16.3 Å². The molecule has 2 heterocycles. The Bertz CT molecular complexity index is 1330. The van der Waals surface area contributed by atoms with Crippen molar-refractivity contribution >= 4 is 21.6 Å². The van der Waals surface area contributed by atoms with E-state index in [9.17, 15) is 18.4 Å². The minimum Gasteiger partial charge on any atom is -0.288 e. The molecular formula is C21H16F2N2O2S. The summed E-state index contributed by atoms with van der Waals surface area (Å²) in [5.41, 5.74) is 1.68. The molecule has 0 amide bonds. The molecule has 0 fully saturated rings. The number of halogens is 2. The Kier molecular flexibility index (Phi) is 4.47. The number of benzene rings is 2. The number of hydrogen-bond acceptors (Lipinski definition) is 3. The SMILES string of the molecule is Cc1ccc(C)c(Cn2c(=O)n(-c3cc(F)ccc3F)c(=O)c3sccc32)c1. The molecule has 7 heteroatoms. The van der Waals surface area contributed by atoms with Gasteiger partial charge in [0.25, 0.3) is 5.56 Å². The van der Waals surface area contributed by atoms with Crippen molar-refractivity contribution in [1.29, 1.82) is 0 Å². The number of fused-ring (bicyclic) bond motifs is 1. The third-order valence-corrected chi connectivity index (χ3v) is 5.63. The normalized spacial score (nSPS) is 11.3. The summed E-state index contributed by atoms with van der Waals surface area (Å²) in [6.45, 7) is 4.11. The van der Waals surface area contributed by atoms with Gasteiger partial charge in [-0.3, -0.25) is 9.36 Å². The van der Waals surface area contributed by atoms with Gasteiger partial charge in [-0.05, 0) is 48.6 Å². The van der Waals surface area contributed by atoms with Crippen LogP contribution in [0.4, 0.5) is 8.78 Å². The Morgan fingerprint density at radius 1 is 1.00 bits per heavy atom. The van der Waals surface area contributed by atoms with Crippen LogP contribution in [0.2, 0.25) is 0 Å². The number of hydrogen-bond donors (Lipinski definition) is 0. The number of aromatic nitrogens is 2. The van der Waals surface area contributed by atoms with Gasteiger partial charge in [0.15, 0.2) is 0 Å². The van der Waals surface area contributed by atoms with Gasteiger partial charge >= 0.3 is 5.69 Å². The van der Waals surface area contributed by atoms with Crippen LogP contribution in [0.1, 0.15) is 16.7 Å². The molecule has 0 saturated heterocycles. The molecule has 0 aliphatic rings. The Hall–Kier alpha value is -3.06. The molecule has 28 heavy (non-hydrogen) atoms. The average Bonchev–Trinajstić information content (AvgIpc) is 3.14. The first kappa shape index (κ1) is 18.3. The number of nitrogens with zero attached hydrogens (tertiary/aromatic N) is 2. The molecule has 0 bridgehead atoms. The van der Waals surface area contributed by atoms with Gasteiger partial charge in [0, 0.05) is 6.07 Å². The van der Waals surface area contributed by atoms with Crippen LogP contribution in [0, 0.1) is 25.5 Å². The first-order chi connectivity index (χ1) is 13.4. The summed E-state index contributed by atoms with van der Waals surface area (Å²) in [7, 11) is 0. The second-order valence-corrected chi connectivity index (χ2v) is 7.59. The molecule has 2 aromatic carbocycles.